The molecule has 174 valence electrons. The van der Waals surface area contributed by atoms with Gasteiger partial charge in [-0.05, 0) is 75.5 Å². The zero-order valence-electron chi connectivity index (χ0n) is 18.5. The number of carbonyl (C=O) groups is 1. The number of hydrogen-bond donors (Lipinski definition) is 1. The summed E-state index contributed by atoms with van der Waals surface area (Å²) in [6.07, 6.45) is 6.24. The zero-order valence-corrected chi connectivity index (χ0v) is 20.1. The van der Waals surface area contributed by atoms with Crippen LogP contribution in [-0.4, -0.2) is 24.2 Å². The van der Waals surface area contributed by atoms with Gasteiger partial charge < -0.3 is 9.47 Å². The quantitative estimate of drug-likeness (QED) is 0.294. The summed E-state index contributed by atoms with van der Waals surface area (Å²) in [5.74, 6) is 1.55. The van der Waals surface area contributed by atoms with E-state index in [2.05, 4.69) is 33.4 Å². The molecule has 4 rings (SSSR count). The third-order valence-corrected chi connectivity index (χ3v) is 7.37. The van der Waals surface area contributed by atoms with E-state index >= 15 is 0 Å². The van der Waals surface area contributed by atoms with Crippen molar-refractivity contribution in [2.75, 3.05) is 7.11 Å². The number of nitro groups is 1. The minimum atomic E-state index is -0.440. The summed E-state index contributed by atoms with van der Waals surface area (Å²) in [6, 6.07) is 9.77. The predicted octanol–water partition coefficient (Wildman–Crippen LogP) is 5.22. The summed E-state index contributed by atoms with van der Waals surface area (Å²) in [4.78, 5) is 22.9. The predicted molar refractivity (Wildman–Crippen MR) is 127 cm³/mol. The Labute approximate surface area is 200 Å². The molecule has 0 aromatic heterocycles. The molecule has 3 atom stereocenters. The van der Waals surface area contributed by atoms with Crippen LogP contribution in [0, 0.1) is 27.4 Å². The summed E-state index contributed by atoms with van der Waals surface area (Å²) in [6.45, 7) is 2.43. The van der Waals surface area contributed by atoms with E-state index in [1.54, 1.807) is 31.5 Å². The highest BCUT2D eigenvalue weighted by atomic mass is 79.9. The number of rotatable bonds is 8. The molecule has 0 saturated heterocycles. The summed E-state index contributed by atoms with van der Waals surface area (Å²) in [7, 11) is 1.54. The monoisotopic (exact) mass is 515 g/mol. The number of nitrogens with one attached hydrogen (secondary N) is 1. The maximum Gasteiger partial charge on any atom is 0.269 e. The molecule has 0 heterocycles. The van der Waals surface area contributed by atoms with Gasteiger partial charge in [-0.3, -0.25) is 14.9 Å². The second-order valence-electron chi connectivity index (χ2n) is 8.82. The largest absolute Gasteiger partial charge is 0.493 e. The van der Waals surface area contributed by atoms with Crippen LogP contribution in [0.5, 0.6) is 11.5 Å². The number of non-ortho nitro benzene ring substituents is 1. The summed E-state index contributed by atoms with van der Waals surface area (Å²) in [5.41, 5.74) is 4.40. The first kappa shape index (κ1) is 23.2. The minimum Gasteiger partial charge on any atom is -0.493 e. The highest BCUT2D eigenvalue weighted by Crippen LogP contribution is 2.66. The lowest BCUT2D eigenvalue weighted by molar-refractivity contribution is -0.384. The molecule has 8 nitrogen and oxygen atoms in total. The first-order valence-corrected chi connectivity index (χ1v) is 11.7. The lowest BCUT2D eigenvalue weighted by Gasteiger charge is -2.15. The van der Waals surface area contributed by atoms with Crippen LogP contribution in [0.25, 0.3) is 0 Å². The van der Waals surface area contributed by atoms with Crippen LogP contribution in [0.15, 0.2) is 46.0 Å². The van der Waals surface area contributed by atoms with E-state index in [4.69, 9.17) is 9.47 Å². The topological polar surface area (TPSA) is 103 Å². The molecule has 2 aromatic carbocycles. The maximum absolute atomic E-state index is 12.6. The van der Waals surface area contributed by atoms with Gasteiger partial charge in [-0.1, -0.05) is 19.8 Å². The average molecular weight is 516 g/mol. The fourth-order valence-electron chi connectivity index (χ4n) is 4.91. The number of amides is 1. The van der Waals surface area contributed by atoms with Gasteiger partial charge in [0.05, 0.1) is 22.7 Å². The van der Waals surface area contributed by atoms with Crippen molar-refractivity contribution in [3.63, 3.8) is 0 Å². The van der Waals surface area contributed by atoms with Crippen LogP contribution in [0.1, 0.15) is 43.7 Å². The van der Waals surface area contributed by atoms with E-state index in [0.29, 0.717) is 21.9 Å². The molecule has 2 aromatic rings. The van der Waals surface area contributed by atoms with Crippen molar-refractivity contribution in [2.45, 2.75) is 39.2 Å². The highest BCUT2D eigenvalue weighted by Gasteiger charge is 2.64. The van der Waals surface area contributed by atoms with Crippen molar-refractivity contribution >= 4 is 33.7 Å². The zero-order chi connectivity index (χ0) is 23.6. The van der Waals surface area contributed by atoms with Gasteiger partial charge in [-0.2, -0.15) is 5.10 Å². The van der Waals surface area contributed by atoms with Crippen LogP contribution in [0.4, 0.5) is 5.69 Å². The van der Waals surface area contributed by atoms with Crippen LogP contribution >= 0.6 is 15.9 Å². The van der Waals surface area contributed by atoms with Crippen molar-refractivity contribution in [1.82, 2.24) is 5.43 Å². The Morgan fingerprint density at radius 3 is 2.73 bits per heavy atom. The molecule has 2 fully saturated rings. The molecule has 0 bridgehead atoms. The van der Waals surface area contributed by atoms with E-state index in [-0.39, 0.29) is 29.5 Å². The second kappa shape index (κ2) is 9.51. The van der Waals surface area contributed by atoms with E-state index in [1.165, 1.54) is 25.0 Å². The molecule has 1 N–H and O–H groups in total. The minimum absolute atomic E-state index is 0.00488. The number of fused-ring (bicyclic) bond motifs is 1. The second-order valence-corrected chi connectivity index (χ2v) is 9.67. The van der Waals surface area contributed by atoms with Crippen LogP contribution in [-0.2, 0) is 11.4 Å². The van der Waals surface area contributed by atoms with Crippen LogP contribution in [0.2, 0.25) is 0 Å². The SMILES string of the molecule is COc1cc(/C=N\NC(=O)[C@@H]2[C@H]3CCCC[C@@]32C)cc(Br)c1OCc1ccc([N+](=O)[O-])cc1. The van der Waals surface area contributed by atoms with Crippen molar-refractivity contribution in [3.05, 3.63) is 62.1 Å². The highest BCUT2D eigenvalue weighted by molar-refractivity contribution is 9.10. The smallest absolute Gasteiger partial charge is 0.269 e. The Balaban J connectivity index is 1.38. The molecule has 0 unspecified atom stereocenters. The fraction of sp³-hybridized carbons (Fsp3) is 0.417. The Bertz CT molecular complexity index is 1090. The standard InChI is InChI=1S/C24H26BrN3O5/c1-24-10-4-3-5-18(24)21(24)23(29)27-26-13-16-11-19(25)22(20(12-16)32-2)33-14-15-6-8-17(9-7-15)28(30)31/h6-9,11-13,18,21H,3-5,10,14H2,1-2H3,(H,27,29)/b26-13-/t18-,21+,24+/m1/s1. The summed E-state index contributed by atoms with van der Waals surface area (Å²) < 4.78 is 12.0. The first-order chi connectivity index (χ1) is 15.8. The van der Waals surface area contributed by atoms with Gasteiger partial charge in [-0.15, -0.1) is 0 Å². The van der Waals surface area contributed by atoms with Gasteiger partial charge in [0.1, 0.15) is 6.61 Å². The van der Waals surface area contributed by atoms with Gasteiger partial charge in [0.15, 0.2) is 11.5 Å². The molecular formula is C24H26BrN3O5. The first-order valence-electron chi connectivity index (χ1n) is 10.9. The van der Waals surface area contributed by atoms with Gasteiger partial charge in [0.25, 0.3) is 5.69 Å². The number of methoxy groups -OCH3 is 1. The molecule has 2 aliphatic carbocycles. The van der Waals surface area contributed by atoms with Crippen LogP contribution < -0.4 is 14.9 Å². The van der Waals surface area contributed by atoms with Crippen LogP contribution in [0.3, 0.4) is 0 Å². The Morgan fingerprint density at radius 2 is 2.09 bits per heavy atom. The summed E-state index contributed by atoms with van der Waals surface area (Å²) >= 11 is 3.50. The molecule has 1 amide bonds. The van der Waals surface area contributed by atoms with Gasteiger partial charge in [0.2, 0.25) is 5.91 Å². The number of hydrazone groups is 1. The number of ether oxygens (including phenoxy) is 2. The number of carbonyl (C=O) groups excluding carboxylic acids is 1. The maximum atomic E-state index is 12.6. The lowest BCUT2D eigenvalue weighted by Crippen LogP contribution is -2.22. The van der Waals surface area contributed by atoms with Crippen molar-refractivity contribution in [3.8, 4) is 11.5 Å². The molecular weight excluding hydrogens is 490 g/mol. The van der Waals surface area contributed by atoms with Gasteiger partial charge >= 0.3 is 0 Å². The molecule has 0 radical (unpaired) electrons. The molecule has 2 saturated carbocycles. The number of halogens is 1. The lowest BCUT2D eigenvalue weighted by atomic mass is 9.90. The number of hydrogen-bond acceptors (Lipinski definition) is 6. The van der Waals surface area contributed by atoms with E-state index in [1.807, 2.05) is 6.07 Å². The Hall–Kier alpha value is -2.94. The van der Waals surface area contributed by atoms with Gasteiger partial charge in [0, 0.05) is 18.1 Å². The van der Waals surface area contributed by atoms with E-state index in [9.17, 15) is 14.9 Å². The average Bonchev–Trinajstić information content (AvgIpc) is 3.43. The molecule has 2 aliphatic rings. The third-order valence-electron chi connectivity index (χ3n) is 6.78. The Morgan fingerprint density at radius 1 is 1.33 bits per heavy atom. The van der Waals surface area contributed by atoms with E-state index < -0.39 is 4.92 Å². The van der Waals surface area contributed by atoms with Crippen molar-refractivity contribution in [2.24, 2.45) is 22.4 Å². The third kappa shape index (κ3) is 4.88. The molecule has 0 spiro atoms. The number of nitro benzene ring substituents is 1. The Kier molecular flexibility index (Phi) is 6.69. The summed E-state index contributed by atoms with van der Waals surface area (Å²) in [5, 5.41) is 14.9. The molecule has 0 aliphatic heterocycles. The van der Waals surface area contributed by atoms with E-state index in [0.717, 1.165) is 24.0 Å². The molecule has 33 heavy (non-hydrogen) atoms. The number of nitrogens with zero attached hydrogens (tertiary/aromatic N) is 2. The molecule has 9 heteroatoms. The fourth-order valence-corrected chi connectivity index (χ4v) is 5.49. The number of benzene rings is 2. The normalized spacial score (nSPS) is 23.6. The van der Waals surface area contributed by atoms with Gasteiger partial charge in [-0.25, -0.2) is 5.43 Å². The van der Waals surface area contributed by atoms with Crippen molar-refractivity contribution in [1.29, 1.82) is 0 Å². The van der Waals surface area contributed by atoms with Crippen molar-refractivity contribution < 1.29 is 19.2 Å².